The number of nitrogens with one attached hydrogen (secondary N) is 1. The van der Waals surface area contributed by atoms with E-state index in [-0.39, 0.29) is 0 Å². The Labute approximate surface area is 158 Å². The summed E-state index contributed by atoms with van der Waals surface area (Å²) in [5.41, 5.74) is 1.06. The second kappa shape index (κ2) is 9.87. The van der Waals surface area contributed by atoms with Gasteiger partial charge in [-0.15, -0.1) is 0 Å². The van der Waals surface area contributed by atoms with Gasteiger partial charge >= 0.3 is 0 Å². The summed E-state index contributed by atoms with van der Waals surface area (Å²) < 4.78 is 16.9. The van der Waals surface area contributed by atoms with Crippen LogP contribution in [-0.4, -0.2) is 58.4 Å². The van der Waals surface area contributed by atoms with Crippen molar-refractivity contribution in [3.05, 3.63) is 22.2 Å². The fraction of sp³-hybridized carbons (Fsp3) is 0.611. The van der Waals surface area contributed by atoms with Crippen molar-refractivity contribution in [1.29, 1.82) is 0 Å². The molecule has 1 unspecified atom stereocenters. The molecule has 0 bridgehead atoms. The van der Waals surface area contributed by atoms with E-state index in [0.29, 0.717) is 24.0 Å². The minimum atomic E-state index is 0.573. The van der Waals surface area contributed by atoms with Crippen LogP contribution in [0.3, 0.4) is 0 Å². The molecule has 0 saturated carbocycles. The maximum absolute atomic E-state index is 5.41. The third-order valence-electron chi connectivity index (χ3n) is 4.23. The molecule has 0 radical (unpaired) electrons. The van der Waals surface area contributed by atoms with Crippen LogP contribution in [-0.2, 0) is 11.3 Å². The molecule has 1 aromatic carbocycles. The number of hydrogen-bond donors (Lipinski definition) is 1. The molecule has 0 aliphatic carbocycles. The third kappa shape index (κ3) is 5.25. The molecule has 2 rings (SSSR count). The van der Waals surface area contributed by atoms with Crippen LogP contribution in [0.1, 0.15) is 18.9 Å². The molecule has 1 atom stereocenters. The topological polar surface area (TPSA) is 55.3 Å². The van der Waals surface area contributed by atoms with E-state index in [0.717, 1.165) is 48.7 Å². The zero-order valence-corrected chi connectivity index (χ0v) is 17.1. The van der Waals surface area contributed by atoms with Gasteiger partial charge in [-0.05, 0) is 47.0 Å². The van der Waals surface area contributed by atoms with Gasteiger partial charge in [0.25, 0.3) is 0 Å². The van der Waals surface area contributed by atoms with E-state index < -0.39 is 0 Å². The van der Waals surface area contributed by atoms with Crippen molar-refractivity contribution in [2.45, 2.75) is 19.9 Å². The van der Waals surface area contributed by atoms with Crippen molar-refractivity contribution in [2.24, 2.45) is 10.9 Å². The summed E-state index contributed by atoms with van der Waals surface area (Å²) in [4.78, 5) is 7.11. The summed E-state index contributed by atoms with van der Waals surface area (Å²) >= 11 is 3.53. The molecule has 7 heteroatoms. The second-order valence-corrected chi connectivity index (χ2v) is 6.89. The number of benzene rings is 1. The maximum atomic E-state index is 5.41. The van der Waals surface area contributed by atoms with E-state index in [4.69, 9.17) is 19.2 Å². The number of aliphatic imine (C=N–C) groups is 1. The lowest BCUT2D eigenvalue weighted by Crippen LogP contribution is -2.40. The van der Waals surface area contributed by atoms with Crippen molar-refractivity contribution in [3.63, 3.8) is 0 Å². The monoisotopic (exact) mass is 413 g/mol. The molecule has 0 amide bonds. The molecule has 140 valence electrons. The molecule has 1 aromatic rings. The van der Waals surface area contributed by atoms with E-state index in [1.54, 1.807) is 21.3 Å². The Morgan fingerprint density at radius 3 is 2.76 bits per heavy atom. The summed E-state index contributed by atoms with van der Waals surface area (Å²) in [5, 5.41) is 3.39. The summed E-state index contributed by atoms with van der Waals surface area (Å²) in [6, 6.07) is 3.99. The maximum Gasteiger partial charge on any atom is 0.194 e. The van der Waals surface area contributed by atoms with Gasteiger partial charge < -0.3 is 24.4 Å². The van der Waals surface area contributed by atoms with E-state index >= 15 is 0 Å². The largest absolute Gasteiger partial charge is 0.493 e. The summed E-state index contributed by atoms with van der Waals surface area (Å²) in [6.07, 6.45) is 1.14. The molecule has 6 nitrogen and oxygen atoms in total. The Kier molecular flexibility index (Phi) is 7.84. The SMILES string of the molecule is CCNC(=NCc1cc(Br)c(OC)c(OC)c1)N1CCC(COC)C1. The van der Waals surface area contributed by atoms with Gasteiger partial charge in [0.05, 0.1) is 31.8 Å². The zero-order valence-electron chi connectivity index (χ0n) is 15.5. The van der Waals surface area contributed by atoms with E-state index in [1.807, 2.05) is 12.1 Å². The average molecular weight is 414 g/mol. The van der Waals surface area contributed by atoms with Gasteiger partial charge in [0.15, 0.2) is 17.5 Å². The van der Waals surface area contributed by atoms with Crippen molar-refractivity contribution >= 4 is 21.9 Å². The molecule has 0 aromatic heterocycles. The molecule has 1 N–H and O–H groups in total. The quantitative estimate of drug-likeness (QED) is 0.549. The Balaban J connectivity index is 2.12. The van der Waals surface area contributed by atoms with Crippen LogP contribution >= 0.6 is 15.9 Å². The van der Waals surface area contributed by atoms with Gasteiger partial charge in [-0.25, -0.2) is 4.99 Å². The van der Waals surface area contributed by atoms with Crippen molar-refractivity contribution in [2.75, 3.05) is 47.6 Å². The zero-order chi connectivity index (χ0) is 18.2. The van der Waals surface area contributed by atoms with Crippen molar-refractivity contribution < 1.29 is 14.2 Å². The average Bonchev–Trinajstić information content (AvgIpc) is 3.06. The van der Waals surface area contributed by atoms with Crippen LogP contribution in [0.4, 0.5) is 0 Å². The van der Waals surface area contributed by atoms with Crippen LogP contribution in [0.5, 0.6) is 11.5 Å². The minimum Gasteiger partial charge on any atom is -0.493 e. The lowest BCUT2D eigenvalue weighted by atomic mass is 10.1. The number of likely N-dealkylation sites (tertiary alicyclic amines) is 1. The first-order valence-electron chi connectivity index (χ1n) is 8.55. The van der Waals surface area contributed by atoms with Crippen LogP contribution < -0.4 is 14.8 Å². The van der Waals surface area contributed by atoms with Gasteiger partial charge in [0.1, 0.15) is 0 Å². The molecule has 1 saturated heterocycles. The molecule has 1 aliphatic heterocycles. The number of hydrogen-bond acceptors (Lipinski definition) is 4. The summed E-state index contributed by atoms with van der Waals surface area (Å²) in [6.45, 7) is 6.31. The van der Waals surface area contributed by atoms with Crippen LogP contribution in [0, 0.1) is 5.92 Å². The number of halogens is 1. The van der Waals surface area contributed by atoms with Gasteiger partial charge in [-0.1, -0.05) is 0 Å². The second-order valence-electron chi connectivity index (χ2n) is 6.04. The van der Waals surface area contributed by atoms with Gasteiger partial charge in [0.2, 0.25) is 0 Å². The van der Waals surface area contributed by atoms with Crippen molar-refractivity contribution in [3.8, 4) is 11.5 Å². The van der Waals surface area contributed by atoms with E-state index in [1.165, 1.54) is 0 Å². The summed E-state index contributed by atoms with van der Waals surface area (Å²) in [5.74, 6) is 2.92. The number of guanidine groups is 1. The molecule has 1 aliphatic rings. The first kappa shape index (κ1) is 19.8. The van der Waals surface area contributed by atoms with E-state index in [9.17, 15) is 0 Å². The normalized spacial score (nSPS) is 17.7. The fourth-order valence-electron chi connectivity index (χ4n) is 3.05. The lowest BCUT2D eigenvalue weighted by Gasteiger charge is -2.21. The lowest BCUT2D eigenvalue weighted by molar-refractivity contribution is 0.157. The third-order valence-corrected chi connectivity index (χ3v) is 4.82. The van der Waals surface area contributed by atoms with Crippen LogP contribution in [0.2, 0.25) is 0 Å². The Morgan fingerprint density at radius 2 is 2.12 bits per heavy atom. The van der Waals surface area contributed by atoms with Crippen molar-refractivity contribution in [1.82, 2.24) is 10.2 Å². The highest BCUT2D eigenvalue weighted by atomic mass is 79.9. The molecule has 0 spiro atoms. The van der Waals surface area contributed by atoms with E-state index in [2.05, 4.69) is 33.1 Å². The number of methoxy groups -OCH3 is 3. The van der Waals surface area contributed by atoms with Gasteiger partial charge in [0, 0.05) is 32.7 Å². The molecule has 25 heavy (non-hydrogen) atoms. The standard InChI is InChI=1S/C18H28BrN3O3/c1-5-20-18(22-7-6-13(11-22)12-23-2)21-10-14-8-15(19)17(25-4)16(9-14)24-3/h8-9,13H,5-7,10-12H2,1-4H3,(H,20,21). The van der Waals surface area contributed by atoms with Gasteiger partial charge in [-0.2, -0.15) is 0 Å². The molecule has 1 heterocycles. The van der Waals surface area contributed by atoms with Crippen LogP contribution in [0.25, 0.3) is 0 Å². The fourth-order valence-corrected chi connectivity index (χ4v) is 3.70. The predicted molar refractivity (Wildman–Crippen MR) is 104 cm³/mol. The first-order valence-corrected chi connectivity index (χ1v) is 9.34. The Bertz CT molecular complexity index is 595. The number of nitrogens with zero attached hydrogens (tertiary/aromatic N) is 2. The molecular weight excluding hydrogens is 386 g/mol. The van der Waals surface area contributed by atoms with Gasteiger partial charge in [-0.3, -0.25) is 0 Å². The number of ether oxygens (including phenoxy) is 3. The molecular formula is C18H28BrN3O3. The predicted octanol–water partition coefficient (Wildman–Crippen LogP) is 2.90. The Morgan fingerprint density at radius 1 is 1.32 bits per heavy atom. The highest BCUT2D eigenvalue weighted by Gasteiger charge is 2.24. The highest BCUT2D eigenvalue weighted by molar-refractivity contribution is 9.10. The number of rotatable bonds is 7. The van der Waals surface area contributed by atoms with Crippen LogP contribution in [0.15, 0.2) is 21.6 Å². The minimum absolute atomic E-state index is 0.573. The summed E-state index contributed by atoms with van der Waals surface area (Å²) in [7, 11) is 5.03. The highest BCUT2D eigenvalue weighted by Crippen LogP contribution is 2.36. The first-order chi connectivity index (χ1) is 12.1. The molecule has 1 fully saturated rings. The smallest absolute Gasteiger partial charge is 0.194 e. The Hall–Kier alpha value is -1.47.